The number of hydrogen-bond acceptors (Lipinski definition) is 2. The van der Waals surface area contributed by atoms with Crippen molar-refractivity contribution in [2.24, 2.45) is 0 Å². The summed E-state index contributed by atoms with van der Waals surface area (Å²) in [5.41, 5.74) is 3.37. The van der Waals surface area contributed by atoms with Crippen LogP contribution in [0.2, 0.25) is 0 Å². The lowest BCUT2D eigenvalue weighted by molar-refractivity contribution is 0.0600. The topological polar surface area (TPSA) is 26.3 Å². The van der Waals surface area contributed by atoms with E-state index in [1.54, 1.807) is 0 Å². The third-order valence-corrected chi connectivity index (χ3v) is 3.45. The highest BCUT2D eigenvalue weighted by Crippen LogP contribution is 2.18. The van der Waals surface area contributed by atoms with Crippen molar-refractivity contribution in [2.45, 2.75) is 58.8 Å². The van der Waals surface area contributed by atoms with Gasteiger partial charge in [0.25, 0.3) is 0 Å². The van der Waals surface area contributed by atoms with E-state index in [9.17, 15) is 4.79 Å². The van der Waals surface area contributed by atoms with Gasteiger partial charge in [-0.3, -0.25) is 0 Å². The largest absolute Gasteiger partial charge is 0.465 e. The molecule has 2 heteroatoms. The molecule has 0 heterocycles. The molecule has 1 rings (SSSR count). The average Bonchev–Trinajstić information content (AvgIpc) is 2.44. The molecule has 1 aromatic carbocycles. The van der Waals surface area contributed by atoms with Gasteiger partial charge in [0.05, 0.1) is 12.7 Å². The molecular weight excluding hydrogens is 236 g/mol. The maximum atomic E-state index is 11.6. The van der Waals surface area contributed by atoms with Crippen LogP contribution in [-0.2, 0) is 17.6 Å². The number of aryl methyl sites for hydroxylation is 2. The van der Waals surface area contributed by atoms with Gasteiger partial charge in [-0.1, -0.05) is 45.6 Å². The predicted molar refractivity (Wildman–Crippen MR) is 79.6 cm³/mol. The van der Waals surface area contributed by atoms with E-state index < -0.39 is 0 Å². The van der Waals surface area contributed by atoms with Crippen LogP contribution in [0.15, 0.2) is 18.2 Å². The first-order valence-corrected chi connectivity index (χ1v) is 7.43. The van der Waals surface area contributed by atoms with Gasteiger partial charge in [-0.15, -0.1) is 0 Å². The molecule has 0 unspecified atom stereocenters. The summed E-state index contributed by atoms with van der Waals surface area (Å²) in [4.78, 5) is 11.6. The SMILES string of the molecule is CCCCCCc1ccc(C(=O)OC)cc1CCC. The van der Waals surface area contributed by atoms with E-state index in [2.05, 4.69) is 19.9 Å². The first-order chi connectivity index (χ1) is 9.22. The molecule has 0 aliphatic rings. The van der Waals surface area contributed by atoms with Crippen molar-refractivity contribution in [3.05, 3.63) is 34.9 Å². The van der Waals surface area contributed by atoms with E-state index >= 15 is 0 Å². The van der Waals surface area contributed by atoms with Crippen molar-refractivity contribution < 1.29 is 9.53 Å². The highest BCUT2D eigenvalue weighted by Gasteiger charge is 2.09. The first-order valence-electron chi connectivity index (χ1n) is 7.43. The normalized spacial score (nSPS) is 10.5. The van der Waals surface area contributed by atoms with Crippen molar-refractivity contribution in [1.29, 1.82) is 0 Å². The van der Waals surface area contributed by atoms with E-state index in [1.165, 1.54) is 43.9 Å². The minimum Gasteiger partial charge on any atom is -0.465 e. The molecule has 19 heavy (non-hydrogen) atoms. The van der Waals surface area contributed by atoms with E-state index in [0.29, 0.717) is 5.56 Å². The van der Waals surface area contributed by atoms with Crippen LogP contribution in [0.4, 0.5) is 0 Å². The van der Waals surface area contributed by atoms with Gasteiger partial charge in [0.2, 0.25) is 0 Å². The Hall–Kier alpha value is -1.31. The molecule has 0 fully saturated rings. The number of esters is 1. The summed E-state index contributed by atoms with van der Waals surface area (Å²) in [7, 11) is 1.43. The van der Waals surface area contributed by atoms with Crippen molar-refractivity contribution in [3.8, 4) is 0 Å². The predicted octanol–water partition coefficient (Wildman–Crippen LogP) is 4.55. The monoisotopic (exact) mass is 262 g/mol. The van der Waals surface area contributed by atoms with E-state index in [0.717, 1.165) is 19.3 Å². The van der Waals surface area contributed by atoms with Gasteiger partial charge in [0, 0.05) is 0 Å². The molecule has 0 bridgehead atoms. The lowest BCUT2D eigenvalue weighted by atomic mass is 9.96. The van der Waals surface area contributed by atoms with E-state index in [4.69, 9.17) is 4.74 Å². The van der Waals surface area contributed by atoms with Crippen molar-refractivity contribution in [2.75, 3.05) is 7.11 Å². The Bertz CT molecular complexity index is 396. The van der Waals surface area contributed by atoms with Gasteiger partial charge < -0.3 is 4.74 Å². The number of ether oxygens (including phenoxy) is 1. The van der Waals surface area contributed by atoms with Crippen molar-refractivity contribution in [3.63, 3.8) is 0 Å². The third kappa shape index (κ3) is 5.06. The fourth-order valence-corrected chi connectivity index (χ4v) is 2.36. The van der Waals surface area contributed by atoms with Gasteiger partial charge in [-0.05, 0) is 42.5 Å². The molecule has 0 radical (unpaired) electrons. The molecule has 0 amide bonds. The average molecular weight is 262 g/mol. The maximum Gasteiger partial charge on any atom is 0.337 e. The summed E-state index contributed by atoms with van der Waals surface area (Å²) in [6.45, 7) is 4.40. The minimum atomic E-state index is -0.241. The molecule has 0 N–H and O–H groups in total. The summed E-state index contributed by atoms with van der Waals surface area (Å²) in [6, 6.07) is 5.99. The molecule has 106 valence electrons. The maximum absolute atomic E-state index is 11.6. The number of rotatable bonds is 8. The molecule has 0 atom stereocenters. The number of hydrogen-bond donors (Lipinski definition) is 0. The van der Waals surface area contributed by atoms with Crippen LogP contribution in [0.5, 0.6) is 0 Å². The van der Waals surface area contributed by atoms with Crippen molar-refractivity contribution in [1.82, 2.24) is 0 Å². The number of unbranched alkanes of at least 4 members (excludes halogenated alkanes) is 3. The molecule has 0 saturated carbocycles. The van der Waals surface area contributed by atoms with Crippen molar-refractivity contribution >= 4 is 5.97 Å². The molecule has 0 spiro atoms. The van der Waals surface area contributed by atoms with Crippen LogP contribution in [0.1, 0.15) is 67.4 Å². The Morgan fingerprint density at radius 1 is 1.00 bits per heavy atom. The molecule has 2 nitrogen and oxygen atoms in total. The number of carbonyl (C=O) groups excluding carboxylic acids is 1. The van der Waals surface area contributed by atoms with Gasteiger partial charge in [-0.2, -0.15) is 0 Å². The van der Waals surface area contributed by atoms with E-state index in [1.807, 2.05) is 12.1 Å². The number of methoxy groups -OCH3 is 1. The smallest absolute Gasteiger partial charge is 0.337 e. The second-order valence-electron chi connectivity index (χ2n) is 5.04. The standard InChI is InChI=1S/C17H26O2/c1-4-6-7-8-10-14-11-12-16(17(18)19-3)13-15(14)9-5-2/h11-13H,4-10H2,1-3H3. The van der Waals surface area contributed by atoms with Gasteiger partial charge >= 0.3 is 5.97 Å². The fraction of sp³-hybridized carbons (Fsp3) is 0.588. The summed E-state index contributed by atoms with van der Waals surface area (Å²) >= 11 is 0. The Morgan fingerprint density at radius 2 is 1.79 bits per heavy atom. The molecule has 1 aromatic rings. The summed E-state index contributed by atoms with van der Waals surface area (Å²) in [5.74, 6) is -0.241. The van der Waals surface area contributed by atoms with Crippen LogP contribution >= 0.6 is 0 Å². The Balaban J connectivity index is 2.76. The number of benzene rings is 1. The highest BCUT2D eigenvalue weighted by molar-refractivity contribution is 5.89. The Labute approximate surface area is 117 Å². The van der Waals surface area contributed by atoms with E-state index in [-0.39, 0.29) is 5.97 Å². The Morgan fingerprint density at radius 3 is 2.42 bits per heavy atom. The highest BCUT2D eigenvalue weighted by atomic mass is 16.5. The minimum absolute atomic E-state index is 0.241. The second kappa shape index (κ2) is 8.73. The van der Waals surface area contributed by atoms with Gasteiger partial charge in [0.15, 0.2) is 0 Å². The third-order valence-electron chi connectivity index (χ3n) is 3.45. The fourth-order valence-electron chi connectivity index (χ4n) is 2.36. The summed E-state index contributed by atoms with van der Waals surface area (Å²) in [6.07, 6.45) is 8.37. The molecule has 0 aliphatic carbocycles. The van der Waals surface area contributed by atoms with Crippen LogP contribution in [0.25, 0.3) is 0 Å². The summed E-state index contributed by atoms with van der Waals surface area (Å²) < 4.78 is 4.78. The zero-order chi connectivity index (χ0) is 14.1. The van der Waals surface area contributed by atoms with Gasteiger partial charge in [0.1, 0.15) is 0 Å². The summed E-state index contributed by atoms with van der Waals surface area (Å²) in [5, 5.41) is 0. The first kappa shape index (κ1) is 15.7. The molecule has 0 aromatic heterocycles. The van der Waals surface area contributed by atoms with Crippen LogP contribution < -0.4 is 0 Å². The molecule has 0 saturated heterocycles. The lowest BCUT2D eigenvalue weighted by Crippen LogP contribution is -2.04. The molecule has 0 aliphatic heterocycles. The van der Waals surface area contributed by atoms with Crippen LogP contribution in [0.3, 0.4) is 0 Å². The molecular formula is C17H26O2. The van der Waals surface area contributed by atoms with Gasteiger partial charge in [-0.25, -0.2) is 4.79 Å². The quantitative estimate of drug-likeness (QED) is 0.507. The Kier molecular flexibility index (Phi) is 7.24. The van der Waals surface area contributed by atoms with Crippen LogP contribution in [0, 0.1) is 0 Å². The van der Waals surface area contributed by atoms with Crippen LogP contribution in [-0.4, -0.2) is 13.1 Å². The zero-order valence-electron chi connectivity index (χ0n) is 12.5. The lowest BCUT2D eigenvalue weighted by Gasteiger charge is -2.10. The number of carbonyl (C=O) groups is 1. The zero-order valence-corrected chi connectivity index (χ0v) is 12.5. The second-order valence-corrected chi connectivity index (χ2v) is 5.04.